The fourth-order valence-electron chi connectivity index (χ4n) is 1.89. The van der Waals surface area contributed by atoms with E-state index in [0.717, 1.165) is 6.42 Å². The zero-order valence-electron chi connectivity index (χ0n) is 8.17. The maximum absolute atomic E-state index is 5.92. The Kier molecular flexibility index (Phi) is 1.77. The number of hydrogen-bond donors (Lipinski definition) is 1. The summed E-state index contributed by atoms with van der Waals surface area (Å²) in [6.07, 6.45) is 3.16. The molecule has 1 nitrogen and oxygen atoms in total. The summed E-state index contributed by atoms with van der Waals surface area (Å²) in [6, 6.07) is 8.45. The lowest BCUT2D eigenvalue weighted by atomic mass is 9.77. The van der Waals surface area contributed by atoms with Gasteiger partial charge in [0.1, 0.15) is 0 Å². The Bertz CT molecular complexity index is 361. The van der Waals surface area contributed by atoms with Crippen LogP contribution in [0.3, 0.4) is 0 Å². The fourth-order valence-corrected chi connectivity index (χ4v) is 1.89. The lowest BCUT2D eigenvalue weighted by Crippen LogP contribution is -2.40. The van der Waals surface area contributed by atoms with Crippen LogP contribution >= 0.6 is 0 Å². The Labute approximate surface area is 79.3 Å². The molecule has 0 fully saturated rings. The summed E-state index contributed by atoms with van der Waals surface area (Å²) in [5.41, 5.74) is 9.93. The highest BCUT2D eigenvalue weighted by Gasteiger charge is 2.28. The van der Waals surface area contributed by atoms with Crippen LogP contribution in [0.25, 0.3) is 5.57 Å². The number of rotatable bonds is 1. The van der Waals surface area contributed by atoms with Gasteiger partial charge < -0.3 is 5.73 Å². The van der Waals surface area contributed by atoms with Crippen molar-refractivity contribution in [2.75, 3.05) is 0 Å². The van der Waals surface area contributed by atoms with E-state index in [1.165, 1.54) is 16.7 Å². The molecule has 0 heterocycles. The van der Waals surface area contributed by atoms with Gasteiger partial charge in [-0.15, -0.1) is 0 Å². The Hall–Kier alpha value is -1.08. The summed E-state index contributed by atoms with van der Waals surface area (Å²) in [7, 11) is 0. The van der Waals surface area contributed by atoms with Crippen LogP contribution in [-0.2, 0) is 0 Å². The summed E-state index contributed by atoms with van der Waals surface area (Å²) < 4.78 is 0. The first-order valence-corrected chi connectivity index (χ1v) is 4.65. The van der Waals surface area contributed by atoms with Crippen LogP contribution in [0.1, 0.15) is 24.5 Å². The average molecular weight is 173 g/mol. The Balaban J connectivity index is 2.35. The van der Waals surface area contributed by atoms with Crippen molar-refractivity contribution in [2.24, 2.45) is 5.73 Å². The third-order valence-electron chi connectivity index (χ3n) is 2.57. The minimum Gasteiger partial charge on any atom is -0.322 e. The van der Waals surface area contributed by atoms with Gasteiger partial charge in [-0.25, -0.2) is 0 Å². The normalized spacial score (nSPS) is 26.5. The zero-order valence-corrected chi connectivity index (χ0v) is 8.17. The van der Waals surface area contributed by atoms with Crippen LogP contribution in [0.5, 0.6) is 0 Å². The van der Waals surface area contributed by atoms with E-state index >= 15 is 0 Å². The third kappa shape index (κ3) is 1.52. The number of benzene rings is 1. The number of hydrogen-bond acceptors (Lipinski definition) is 1. The first kappa shape index (κ1) is 8.52. The summed E-state index contributed by atoms with van der Waals surface area (Å²) in [4.78, 5) is 0. The number of nitrogens with two attached hydrogens (primary N) is 1. The summed E-state index contributed by atoms with van der Waals surface area (Å²) in [5, 5.41) is 0. The minimum atomic E-state index is -0.0718. The molecule has 0 bridgehead atoms. The van der Waals surface area contributed by atoms with E-state index in [9.17, 15) is 0 Å². The van der Waals surface area contributed by atoms with Crippen molar-refractivity contribution < 1.29 is 0 Å². The third-order valence-corrected chi connectivity index (χ3v) is 2.57. The molecule has 2 rings (SSSR count). The molecule has 13 heavy (non-hydrogen) atoms. The summed E-state index contributed by atoms with van der Waals surface area (Å²) >= 11 is 0. The van der Waals surface area contributed by atoms with E-state index in [2.05, 4.69) is 44.2 Å². The standard InChI is InChI=1S/C12H15N/c1-9-5-3-4-6-11(9)10-7-12(2,13)8-10/h3-7H,8,13H2,1-2H3. The van der Waals surface area contributed by atoms with Crippen molar-refractivity contribution in [3.05, 3.63) is 41.5 Å². The predicted octanol–water partition coefficient (Wildman–Crippen LogP) is 2.50. The molecule has 0 saturated heterocycles. The summed E-state index contributed by atoms with van der Waals surface area (Å²) in [5.74, 6) is 0. The molecule has 1 atom stereocenters. The van der Waals surface area contributed by atoms with Crippen molar-refractivity contribution in [3.63, 3.8) is 0 Å². The first-order valence-electron chi connectivity index (χ1n) is 4.65. The van der Waals surface area contributed by atoms with Gasteiger partial charge in [-0.1, -0.05) is 30.3 Å². The lowest BCUT2D eigenvalue weighted by molar-refractivity contribution is 0.562. The molecule has 68 valence electrons. The molecule has 1 aromatic rings. The van der Waals surface area contributed by atoms with E-state index < -0.39 is 0 Å². The van der Waals surface area contributed by atoms with E-state index in [4.69, 9.17) is 5.73 Å². The molecule has 0 amide bonds. The topological polar surface area (TPSA) is 26.0 Å². The molecule has 0 saturated carbocycles. The van der Waals surface area contributed by atoms with Crippen LogP contribution in [0, 0.1) is 6.92 Å². The van der Waals surface area contributed by atoms with E-state index in [-0.39, 0.29) is 5.54 Å². The van der Waals surface area contributed by atoms with Crippen LogP contribution in [0.15, 0.2) is 30.3 Å². The van der Waals surface area contributed by atoms with Crippen molar-refractivity contribution in [1.82, 2.24) is 0 Å². The van der Waals surface area contributed by atoms with Gasteiger partial charge in [-0.05, 0) is 37.0 Å². The predicted molar refractivity (Wildman–Crippen MR) is 56.4 cm³/mol. The zero-order chi connectivity index (χ0) is 9.47. The molecule has 1 heteroatoms. The van der Waals surface area contributed by atoms with Crippen LogP contribution in [-0.4, -0.2) is 5.54 Å². The van der Waals surface area contributed by atoms with Gasteiger partial charge in [-0.3, -0.25) is 0 Å². The Morgan fingerprint density at radius 2 is 1.92 bits per heavy atom. The number of aryl methyl sites for hydroxylation is 1. The second-order valence-electron chi connectivity index (χ2n) is 4.17. The second kappa shape index (κ2) is 2.71. The maximum atomic E-state index is 5.92. The minimum absolute atomic E-state index is 0.0718. The van der Waals surface area contributed by atoms with Crippen molar-refractivity contribution in [1.29, 1.82) is 0 Å². The first-order chi connectivity index (χ1) is 6.08. The van der Waals surface area contributed by atoms with Gasteiger partial charge in [0.25, 0.3) is 0 Å². The van der Waals surface area contributed by atoms with Crippen LogP contribution in [0.4, 0.5) is 0 Å². The van der Waals surface area contributed by atoms with E-state index in [0.29, 0.717) is 0 Å². The van der Waals surface area contributed by atoms with Gasteiger partial charge in [0, 0.05) is 5.54 Å². The van der Waals surface area contributed by atoms with Crippen LogP contribution in [0.2, 0.25) is 0 Å². The molecule has 0 spiro atoms. The Morgan fingerprint density at radius 3 is 2.46 bits per heavy atom. The quantitative estimate of drug-likeness (QED) is 0.693. The lowest BCUT2D eigenvalue weighted by Gasteiger charge is -2.33. The van der Waals surface area contributed by atoms with Gasteiger partial charge in [0.2, 0.25) is 0 Å². The molecule has 2 N–H and O–H groups in total. The molecule has 0 aromatic heterocycles. The highest BCUT2D eigenvalue weighted by molar-refractivity contribution is 5.75. The van der Waals surface area contributed by atoms with E-state index in [1.807, 2.05) is 0 Å². The Morgan fingerprint density at radius 1 is 1.31 bits per heavy atom. The fraction of sp³-hybridized carbons (Fsp3) is 0.333. The molecule has 1 aliphatic carbocycles. The van der Waals surface area contributed by atoms with Crippen molar-refractivity contribution >= 4 is 5.57 Å². The molecule has 1 unspecified atom stereocenters. The average Bonchev–Trinajstić information content (AvgIpc) is 2.01. The molecule has 1 aliphatic rings. The molecule has 0 aliphatic heterocycles. The second-order valence-corrected chi connectivity index (χ2v) is 4.17. The smallest absolute Gasteiger partial charge is 0.0357 e. The largest absolute Gasteiger partial charge is 0.322 e. The molecule has 1 aromatic carbocycles. The highest BCUT2D eigenvalue weighted by atomic mass is 14.7. The van der Waals surface area contributed by atoms with Gasteiger partial charge >= 0.3 is 0 Å². The van der Waals surface area contributed by atoms with Gasteiger partial charge in [0.15, 0.2) is 0 Å². The van der Waals surface area contributed by atoms with Crippen molar-refractivity contribution in [2.45, 2.75) is 25.8 Å². The monoisotopic (exact) mass is 173 g/mol. The van der Waals surface area contributed by atoms with Gasteiger partial charge in [0.05, 0.1) is 0 Å². The maximum Gasteiger partial charge on any atom is 0.0357 e. The molecular formula is C12H15N. The SMILES string of the molecule is Cc1ccccc1C1=CC(C)(N)C1. The highest BCUT2D eigenvalue weighted by Crippen LogP contribution is 2.36. The van der Waals surface area contributed by atoms with Gasteiger partial charge in [-0.2, -0.15) is 0 Å². The summed E-state index contributed by atoms with van der Waals surface area (Å²) in [6.45, 7) is 4.21. The van der Waals surface area contributed by atoms with Crippen molar-refractivity contribution in [3.8, 4) is 0 Å². The van der Waals surface area contributed by atoms with Crippen LogP contribution < -0.4 is 5.73 Å². The van der Waals surface area contributed by atoms with E-state index in [1.54, 1.807) is 0 Å². The molecule has 0 radical (unpaired) electrons. The molecular weight excluding hydrogens is 158 g/mol.